The van der Waals surface area contributed by atoms with E-state index in [1.165, 1.54) is 7.11 Å². The number of carbonyl (C=O) groups excluding carboxylic acids is 1. The number of hydrogen-bond acceptors (Lipinski definition) is 7. The van der Waals surface area contributed by atoms with Crippen molar-refractivity contribution in [3.8, 4) is 17.6 Å². The van der Waals surface area contributed by atoms with E-state index in [1.54, 1.807) is 42.5 Å². The lowest BCUT2D eigenvalue weighted by Crippen LogP contribution is -2.46. The molecule has 4 rings (SSSR count). The predicted octanol–water partition coefficient (Wildman–Crippen LogP) is 4.53. The fraction of sp³-hybridized carbons (Fsp3) is 0.452. The third-order valence-electron chi connectivity index (χ3n) is 7.08. The molecule has 0 radical (unpaired) electrons. The van der Waals surface area contributed by atoms with Crippen LogP contribution in [0.15, 0.2) is 42.5 Å². The lowest BCUT2D eigenvalue weighted by molar-refractivity contribution is -0.140. The van der Waals surface area contributed by atoms with Crippen LogP contribution in [0.1, 0.15) is 29.4 Å². The molecule has 43 heavy (non-hydrogen) atoms. The molecular formula is C31H39F4N5O3. The van der Waals surface area contributed by atoms with E-state index >= 15 is 0 Å². The number of nitrogens with one attached hydrogen (secondary N) is 3. The van der Waals surface area contributed by atoms with Gasteiger partial charge in [-0.2, -0.15) is 13.2 Å². The minimum absolute atomic E-state index is 0.134. The Morgan fingerprint density at radius 1 is 1.21 bits per heavy atom. The number of fused-ring (bicyclic) bond motifs is 1. The first-order chi connectivity index (χ1) is 20.5. The molecule has 12 heteroatoms. The second kappa shape index (κ2) is 15.6. The molecule has 1 saturated heterocycles. The second-order valence-corrected chi connectivity index (χ2v) is 10.4. The minimum Gasteiger partial charge on any atom is -0.495 e. The van der Waals surface area contributed by atoms with Gasteiger partial charge >= 0.3 is 6.18 Å². The Balaban J connectivity index is 0.000000765. The van der Waals surface area contributed by atoms with Gasteiger partial charge in [0, 0.05) is 35.8 Å². The van der Waals surface area contributed by atoms with Crippen LogP contribution in [0.25, 0.3) is 10.9 Å². The first-order valence-electron chi connectivity index (χ1n) is 13.9. The molecule has 1 fully saturated rings. The van der Waals surface area contributed by atoms with Crippen molar-refractivity contribution < 1.29 is 32.2 Å². The molecule has 1 aromatic heterocycles. The summed E-state index contributed by atoms with van der Waals surface area (Å²) in [4.78, 5) is 12.9. The molecule has 3 atom stereocenters. The average Bonchev–Trinajstić information content (AvgIpc) is 3.33. The van der Waals surface area contributed by atoms with E-state index in [0.29, 0.717) is 52.8 Å². The van der Waals surface area contributed by atoms with Crippen molar-refractivity contribution >= 4 is 28.6 Å². The lowest BCUT2D eigenvalue weighted by atomic mass is 10.0. The number of alkyl halides is 4. The van der Waals surface area contributed by atoms with E-state index in [2.05, 4.69) is 27.8 Å². The number of piperidine rings is 1. The molecule has 8 nitrogen and oxygen atoms in total. The zero-order valence-corrected chi connectivity index (χ0v) is 24.8. The Labute approximate surface area is 249 Å². The van der Waals surface area contributed by atoms with Crippen LogP contribution in [0.5, 0.6) is 5.75 Å². The monoisotopic (exact) mass is 605 g/mol. The molecule has 0 bridgehead atoms. The first kappa shape index (κ1) is 33.7. The summed E-state index contributed by atoms with van der Waals surface area (Å²) >= 11 is 0. The van der Waals surface area contributed by atoms with Gasteiger partial charge in [-0.3, -0.25) is 4.79 Å². The molecule has 4 N–H and O–H groups in total. The van der Waals surface area contributed by atoms with Gasteiger partial charge in [-0.15, -0.1) is 0 Å². The highest BCUT2D eigenvalue weighted by atomic mass is 19.4. The summed E-state index contributed by atoms with van der Waals surface area (Å²) in [5.74, 6) is 6.17. The number of hydrogen-bond donors (Lipinski definition) is 4. The smallest absolute Gasteiger partial charge is 0.406 e. The SMILES string of the molecule is CNC(C)CO.COc1cc(C=O)ccc1NCC#Cc1cc2c(NC3CCN(C)CC3F)cccc2n1CC(F)(F)F. The molecule has 0 amide bonds. The molecule has 3 aromatic rings. The Morgan fingerprint density at radius 3 is 2.58 bits per heavy atom. The maximum atomic E-state index is 14.6. The number of anilines is 2. The van der Waals surface area contributed by atoms with Crippen molar-refractivity contribution in [3.63, 3.8) is 0 Å². The normalized spacial score (nSPS) is 17.7. The molecule has 0 spiro atoms. The molecule has 1 aliphatic rings. The van der Waals surface area contributed by atoms with Crippen LogP contribution < -0.4 is 20.7 Å². The van der Waals surface area contributed by atoms with Gasteiger partial charge in [-0.25, -0.2) is 4.39 Å². The summed E-state index contributed by atoms with van der Waals surface area (Å²) in [6.45, 7) is 2.11. The van der Waals surface area contributed by atoms with E-state index in [0.717, 1.165) is 11.1 Å². The van der Waals surface area contributed by atoms with Gasteiger partial charge in [0.05, 0.1) is 43.2 Å². The number of aliphatic hydroxyl groups excluding tert-OH is 1. The minimum atomic E-state index is -4.45. The van der Waals surface area contributed by atoms with Crippen molar-refractivity contribution in [1.82, 2.24) is 14.8 Å². The highest BCUT2D eigenvalue weighted by Gasteiger charge is 2.31. The van der Waals surface area contributed by atoms with Gasteiger partial charge in [-0.05, 0) is 69.8 Å². The number of rotatable bonds is 9. The Morgan fingerprint density at radius 2 is 1.98 bits per heavy atom. The Kier molecular flexibility index (Phi) is 12.2. The molecule has 0 saturated carbocycles. The van der Waals surface area contributed by atoms with Crippen LogP contribution in [0.4, 0.5) is 28.9 Å². The summed E-state index contributed by atoms with van der Waals surface area (Å²) in [5, 5.41) is 18.0. The van der Waals surface area contributed by atoms with Crippen molar-refractivity contribution in [2.75, 3.05) is 58.1 Å². The van der Waals surface area contributed by atoms with Gasteiger partial charge in [0.1, 0.15) is 24.8 Å². The molecular weight excluding hydrogens is 566 g/mol. The largest absolute Gasteiger partial charge is 0.495 e. The van der Waals surface area contributed by atoms with Crippen molar-refractivity contribution in [2.24, 2.45) is 0 Å². The van der Waals surface area contributed by atoms with Crippen LogP contribution in [-0.2, 0) is 6.54 Å². The summed E-state index contributed by atoms with van der Waals surface area (Å²) in [5.41, 5.74) is 2.20. The van der Waals surface area contributed by atoms with Crippen LogP contribution in [0, 0.1) is 11.8 Å². The molecule has 0 aliphatic carbocycles. The van der Waals surface area contributed by atoms with Gasteiger partial charge in [0.2, 0.25) is 0 Å². The molecule has 2 aromatic carbocycles. The number of likely N-dealkylation sites (N-methyl/N-ethyl adjacent to an activating group) is 1. The highest BCUT2D eigenvalue weighted by Crippen LogP contribution is 2.31. The highest BCUT2D eigenvalue weighted by molar-refractivity contribution is 5.94. The number of methoxy groups -OCH3 is 1. The number of nitrogens with zero attached hydrogens (tertiary/aromatic N) is 2. The number of carbonyl (C=O) groups is 1. The fourth-order valence-electron chi connectivity index (χ4n) is 4.58. The van der Waals surface area contributed by atoms with E-state index in [4.69, 9.17) is 9.84 Å². The quantitative estimate of drug-likeness (QED) is 0.162. The van der Waals surface area contributed by atoms with Crippen LogP contribution in [0.2, 0.25) is 0 Å². The summed E-state index contributed by atoms with van der Waals surface area (Å²) in [6.07, 6.45) is -4.24. The standard InChI is InChI=1S/C27H28F4N4O2.C4H11NO/c1-34-12-10-23(21(28)15-34)33-22-6-3-7-25-20(22)14-19(35(25)17-27(29,30)31)5-4-11-32-24-9-8-18(16-36)13-26(24)37-2;1-4(3-6)5-2/h3,6-9,13-14,16,21,23,32-33H,10-12,15,17H2,1-2H3;4-6H,3H2,1-2H3. The maximum Gasteiger partial charge on any atom is 0.406 e. The average molecular weight is 606 g/mol. The predicted molar refractivity (Wildman–Crippen MR) is 162 cm³/mol. The van der Waals surface area contributed by atoms with Crippen molar-refractivity contribution in [2.45, 2.75) is 44.3 Å². The number of benzene rings is 2. The third-order valence-corrected chi connectivity index (χ3v) is 7.08. The van der Waals surface area contributed by atoms with E-state index in [1.807, 2.05) is 25.9 Å². The van der Waals surface area contributed by atoms with Crippen LogP contribution in [0.3, 0.4) is 0 Å². The maximum absolute atomic E-state index is 14.6. The van der Waals surface area contributed by atoms with Gasteiger partial charge in [0.25, 0.3) is 0 Å². The van der Waals surface area contributed by atoms with Crippen molar-refractivity contribution in [3.05, 3.63) is 53.7 Å². The summed E-state index contributed by atoms with van der Waals surface area (Å²) < 4.78 is 61.4. The topological polar surface area (TPSA) is 90.8 Å². The van der Waals surface area contributed by atoms with Crippen LogP contribution in [-0.4, -0.2) is 92.7 Å². The molecule has 2 heterocycles. The molecule has 1 aliphatic heterocycles. The number of aromatic nitrogens is 1. The molecule has 234 valence electrons. The van der Waals surface area contributed by atoms with Gasteiger partial charge < -0.3 is 35.3 Å². The van der Waals surface area contributed by atoms with Crippen LogP contribution >= 0.6 is 0 Å². The number of halogens is 4. The summed E-state index contributed by atoms with van der Waals surface area (Å²) in [6, 6.07) is 11.3. The van der Waals surface area contributed by atoms with E-state index in [9.17, 15) is 22.4 Å². The Hall–Kier alpha value is -3.79. The van der Waals surface area contributed by atoms with E-state index < -0.39 is 24.9 Å². The first-order valence-corrected chi connectivity index (χ1v) is 13.9. The number of likely N-dealkylation sites (tertiary alicyclic amines) is 1. The fourth-order valence-corrected chi connectivity index (χ4v) is 4.58. The van der Waals surface area contributed by atoms with Gasteiger partial charge in [-0.1, -0.05) is 12.0 Å². The zero-order chi connectivity index (χ0) is 31.6. The number of ether oxygens (including phenoxy) is 1. The summed E-state index contributed by atoms with van der Waals surface area (Å²) in [7, 11) is 5.15. The zero-order valence-electron chi connectivity index (χ0n) is 24.8. The number of aliphatic hydroxyl groups is 1. The lowest BCUT2D eigenvalue weighted by Gasteiger charge is -2.33. The molecule has 3 unspecified atom stereocenters. The van der Waals surface area contributed by atoms with E-state index in [-0.39, 0.29) is 24.9 Å². The Bertz CT molecular complexity index is 1410. The van der Waals surface area contributed by atoms with Crippen molar-refractivity contribution in [1.29, 1.82) is 0 Å². The second-order valence-electron chi connectivity index (χ2n) is 10.4. The van der Waals surface area contributed by atoms with Gasteiger partial charge in [0.15, 0.2) is 0 Å². The third kappa shape index (κ3) is 9.61. The number of aldehydes is 1.